The Morgan fingerprint density at radius 2 is 2.36 bits per heavy atom. The fraction of sp³-hybridized carbons (Fsp3) is 0.333. The molecule has 0 aliphatic heterocycles. The van der Waals surface area contributed by atoms with E-state index in [1.807, 2.05) is 0 Å². The van der Waals surface area contributed by atoms with E-state index >= 15 is 0 Å². The maximum Gasteiger partial charge on any atom is 0.308 e. The van der Waals surface area contributed by atoms with Gasteiger partial charge in [-0.25, -0.2) is 4.98 Å². The van der Waals surface area contributed by atoms with Gasteiger partial charge in [-0.1, -0.05) is 0 Å². The molecule has 0 bridgehead atoms. The minimum atomic E-state index is -0.373. The Labute approximate surface area is 81.8 Å². The second kappa shape index (κ2) is 5.18. The standard InChI is InChI=1S/C9H12N2O3/c1-7(12)14-8-2-3-9(11-6-8)13-5-4-10/h2-3,6H,4-5,10H2,1H3. The molecule has 0 saturated heterocycles. The first kappa shape index (κ1) is 10.5. The van der Waals surface area contributed by atoms with Gasteiger partial charge >= 0.3 is 5.97 Å². The number of nitrogens with two attached hydrogens (primary N) is 1. The molecule has 1 aromatic heterocycles. The molecule has 76 valence electrons. The van der Waals surface area contributed by atoms with Crippen LogP contribution in [0.25, 0.3) is 0 Å². The summed E-state index contributed by atoms with van der Waals surface area (Å²) < 4.78 is 9.93. The predicted molar refractivity (Wildman–Crippen MR) is 50.1 cm³/mol. The minimum absolute atomic E-state index is 0.373. The molecule has 0 unspecified atom stereocenters. The van der Waals surface area contributed by atoms with Crippen LogP contribution in [0.3, 0.4) is 0 Å². The second-order valence-electron chi connectivity index (χ2n) is 2.56. The molecule has 0 aliphatic rings. The minimum Gasteiger partial charge on any atom is -0.476 e. The van der Waals surface area contributed by atoms with Gasteiger partial charge < -0.3 is 15.2 Å². The number of ether oxygens (including phenoxy) is 2. The van der Waals surface area contributed by atoms with Gasteiger partial charge in [0.25, 0.3) is 0 Å². The van der Waals surface area contributed by atoms with E-state index in [0.29, 0.717) is 24.8 Å². The highest BCUT2D eigenvalue weighted by atomic mass is 16.5. The van der Waals surface area contributed by atoms with E-state index in [1.165, 1.54) is 13.1 Å². The van der Waals surface area contributed by atoms with Crippen molar-refractivity contribution in [3.05, 3.63) is 18.3 Å². The van der Waals surface area contributed by atoms with Crippen LogP contribution < -0.4 is 15.2 Å². The Kier molecular flexibility index (Phi) is 3.87. The number of carbonyl (C=O) groups is 1. The first-order valence-corrected chi connectivity index (χ1v) is 4.19. The highest BCUT2D eigenvalue weighted by molar-refractivity contribution is 5.69. The number of rotatable bonds is 4. The zero-order valence-corrected chi connectivity index (χ0v) is 7.90. The van der Waals surface area contributed by atoms with Crippen molar-refractivity contribution in [3.8, 4) is 11.6 Å². The highest BCUT2D eigenvalue weighted by Gasteiger charge is 1.99. The lowest BCUT2D eigenvalue weighted by atomic mass is 10.4. The summed E-state index contributed by atoms with van der Waals surface area (Å²) in [5.74, 6) is 0.492. The Bertz CT molecular complexity index is 297. The number of pyridine rings is 1. The summed E-state index contributed by atoms with van der Waals surface area (Å²) in [5, 5.41) is 0. The number of carbonyl (C=O) groups excluding carboxylic acids is 1. The fourth-order valence-corrected chi connectivity index (χ4v) is 0.842. The van der Waals surface area contributed by atoms with Crippen LogP contribution in [0.4, 0.5) is 0 Å². The van der Waals surface area contributed by atoms with Crippen LogP contribution in [0.15, 0.2) is 18.3 Å². The van der Waals surface area contributed by atoms with Crippen LogP contribution in [0.1, 0.15) is 6.92 Å². The Hall–Kier alpha value is -1.62. The molecule has 1 rings (SSSR count). The summed E-state index contributed by atoms with van der Waals surface area (Å²) in [7, 11) is 0. The van der Waals surface area contributed by atoms with Crippen LogP contribution in [-0.2, 0) is 4.79 Å². The number of hydrogen-bond donors (Lipinski definition) is 1. The quantitative estimate of drug-likeness (QED) is 0.703. The summed E-state index contributed by atoms with van der Waals surface area (Å²) in [4.78, 5) is 14.5. The van der Waals surface area contributed by atoms with Crippen molar-refractivity contribution in [3.63, 3.8) is 0 Å². The zero-order valence-electron chi connectivity index (χ0n) is 7.90. The lowest BCUT2D eigenvalue weighted by molar-refractivity contribution is -0.131. The second-order valence-corrected chi connectivity index (χ2v) is 2.56. The molecule has 0 amide bonds. The van der Waals surface area contributed by atoms with Gasteiger partial charge in [0.1, 0.15) is 12.4 Å². The normalized spacial score (nSPS) is 9.57. The molecule has 0 aromatic carbocycles. The smallest absolute Gasteiger partial charge is 0.308 e. The summed E-state index contributed by atoms with van der Waals surface area (Å²) >= 11 is 0. The van der Waals surface area contributed by atoms with Crippen LogP contribution in [0, 0.1) is 0 Å². The van der Waals surface area contributed by atoms with E-state index in [2.05, 4.69) is 4.98 Å². The largest absolute Gasteiger partial charge is 0.476 e. The van der Waals surface area contributed by atoms with E-state index in [4.69, 9.17) is 15.2 Å². The first-order chi connectivity index (χ1) is 6.72. The molecule has 0 saturated carbocycles. The molecule has 5 heteroatoms. The SMILES string of the molecule is CC(=O)Oc1ccc(OCCN)nc1. The average Bonchev–Trinajstić information content (AvgIpc) is 2.16. The third-order valence-corrected chi connectivity index (χ3v) is 1.34. The molecule has 0 spiro atoms. The molecule has 1 aromatic rings. The van der Waals surface area contributed by atoms with Crippen molar-refractivity contribution in [2.24, 2.45) is 5.73 Å². The van der Waals surface area contributed by atoms with E-state index in [9.17, 15) is 4.79 Å². The monoisotopic (exact) mass is 196 g/mol. The van der Waals surface area contributed by atoms with Gasteiger partial charge in [0.05, 0.1) is 6.20 Å². The Morgan fingerprint density at radius 3 is 2.86 bits per heavy atom. The topological polar surface area (TPSA) is 74.4 Å². The maximum atomic E-state index is 10.6. The van der Waals surface area contributed by atoms with Crippen LogP contribution in [0.5, 0.6) is 11.6 Å². The van der Waals surface area contributed by atoms with Crippen LogP contribution >= 0.6 is 0 Å². The molecule has 0 aliphatic carbocycles. The fourth-order valence-electron chi connectivity index (χ4n) is 0.842. The number of aromatic nitrogens is 1. The van der Waals surface area contributed by atoms with Crippen LogP contribution in [-0.4, -0.2) is 24.1 Å². The third kappa shape index (κ3) is 3.40. The van der Waals surface area contributed by atoms with Crippen molar-refractivity contribution in [1.29, 1.82) is 0 Å². The summed E-state index contributed by atoms with van der Waals surface area (Å²) in [6, 6.07) is 3.23. The molecule has 5 nitrogen and oxygen atoms in total. The molecule has 14 heavy (non-hydrogen) atoms. The number of nitrogens with zero attached hydrogens (tertiary/aromatic N) is 1. The van der Waals surface area contributed by atoms with Gasteiger partial charge in [-0.3, -0.25) is 4.79 Å². The van der Waals surface area contributed by atoms with Gasteiger partial charge in [-0.05, 0) is 6.07 Å². The zero-order chi connectivity index (χ0) is 10.4. The van der Waals surface area contributed by atoms with Gasteiger partial charge in [0.2, 0.25) is 5.88 Å². The third-order valence-electron chi connectivity index (χ3n) is 1.34. The summed E-state index contributed by atoms with van der Waals surface area (Å²) in [6.45, 7) is 2.19. The lowest BCUT2D eigenvalue weighted by Gasteiger charge is -2.04. The van der Waals surface area contributed by atoms with Crippen molar-refractivity contribution in [2.45, 2.75) is 6.92 Å². The van der Waals surface area contributed by atoms with Gasteiger partial charge in [0.15, 0.2) is 0 Å². The molecular weight excluding hydrogens is 184 g/mol. The van der Waals surface area contributed by atoms with Crippen LogP contribution in [0.2, 0.25) is 0 Å². The van der Waals surface area contributed by atoms with E-state index in [1.54, 1.807) is 12.1 Å². The van der Waals surface area contributed by atoms with Gasteiger partial charge in [-0.15, -0.1) is 0 Å². The Morgan fingerprint density at radius 1 is 1.57 bits per heavy atom. The predicted octanol–water partition coefficient (Wildman–Crippen LogP) is 0.344. The lowest BCUT2D eigenvalue weighted by Crippen LogP contribution is -2.11. The van der Waals surface area contributed by atoms with Gasteiger partial charge in [0, 0.05) is 19.5 Å². The van der Waals surface area contributed by atoms with Crippen molar-refractivity contribution >= 4 is 5.97 Å². The van der Waals surface area contributed by atoms with Gasteiger partial charge in [-0.2, -0.15) is 0 Å². The molecular formula is C9H12N2O3. The van der Waals surface area contributed by atoms with E-state index < -0.39 is 0 Å². The van der Waals surface area contributed by atoms with E-state index in [-0.39, 0.29) is 5.97 Å². The summed E-state index contributed by atoms with van der Waals surface area (Å²) in [6.07, 6.45) is 1.42. The van der Waals surface area contributed by atoms with Crippen molar-refractivity contribution < 1.29 is 14.3 Å². The van der Waals surface area contributed by atoms with Crippen molar-refractivity contribution in [1.82, 2.24) is 4.98 Å². The van der Waals surface area contributed by atoms with Crippen molar-refractivity contribution in [2.75, 3.05) is 13.2 Å². The Balaban J connectivity index is 2.54. The summed E-state index contributed by atoms with van der Waals surface area (Å²) in [5.41, 5.74) is 5.25. The molecule has 1 heterocycles. The molecule has 2 N–H and O–H groups in total. The molecule has 0 fully saturated rings. The van der Waals surface area contributed by atoms with E-state index in [0.717, 1.165) is 0 Å². The number of hydrogen-bond acceptors (Lipinski definition) is 5. The highest BCUT2D eigenvalue weighted by Crippen LogP contribution is 2.13. The number of esters is 1. The molecule has 0 radical (unpaired) electrons. The molecule has 0 atom stereocenters. The maximum absolute atomic E-state index is 10.6. The first-order valence-electron chi connectivity index (χ1n) is 4.19. The average molecular weight is 196 g/mol.